The van der Waals surface area contributed by atoms with Gasteiger partial charge >= 0.3 is 0 Å². The molecular formula is C18H25N3O3. The van der Waals surface area contributed by atoms with E-state index in [0.29, 0.717) is 19.1 Å². The lowest BCUT2D eigenvalue weighted by Gasteiger charge is -2.48. The van der Waals surface area contributed by atoms with Gasteiger partial charge in [0.15, 0.2) is 0 Å². The Kier molecular flexibility index (Phi) is 5.35. The predicted octanol–water partition coefficient (Wildman–Crippen LogP) is 0.830. The summed E-state index contributed by atoms with van der Waals surface area (Å²) in [5, 5.41) is 0. The molecule has 3 rings (SSSR count). The van der Waals surface area contributed by atoms with Crippen LogP contribution in [0.1, 0.15) is 13.3 Å². The molecule has 0 aromatic heterocycles. The van der Waals surface area contributed by atoms with E-state index in [-0.39, 0.29) is 11.8 Å². The molecule has 24 heavy (non-hydrogen) atoms. The minimum Gasteiger partial charge on any atom is -0.493 e. The van der Waals surface area contributed by atoms with Crippen LogP contribution in [-0.2, 0) is 9.59 Å². The average Bonchev–Trinajstić information content (AvgIpc) is 2.55. The lowest BCUT2D eigenvalue weighted by atomic mass is 10.1. The van der Waals surface area contributed by atoms with Gasteiger partial charge in [0.1, 0.15) is 5.75 Å². The molecule has 2 heterocycles. The number of nitrogens with zero attached hydrogens (tertiary/aromatic N) is 3. The van der Waals surface area contributed by atoms with E-state index in [1.54, 1.807) is 6.92 Å². The third-order valence-corrected chi connectivity index (χ3v) is 4.82. The van der Waals surface area contributed by atoms with Crippen molar-refractivity contribution >= 4 is 11.8 Å². The van der Waals surface area contributed by atoms with Crippen LogP contribution >= 0.6 is 0 Å². The van der Waals surface area contributed by atoms with Crippen LogP contribution in [0.4, 0.5) is 0 Å². The molecule has 2 amide bonds. The van der Waals surface area contributed by atoms with Crippen molar-refractivity contribution in [2.75, 3.05) is 45.9 Å². The van der Waals surface area contributed by atoms with Gasteiger partial charge in [0, 0.05) is 52.2 Å². The molecule has 130 valence electrons. The second-order valence-electron chi connectivity index (χ2n) is 6.41. The van der Waals surface area contributed by atoms with Crippen molar-refractivity contribution in [3.05, 3.63) is 30.3 Å². The Morgan fingerprint density at radius 2 is 1.71 bits per heavy atom. The lowest BCUT2D eigenvalue weighted by molar-refractivity contribution is -0.140. The van der Waals surface area contributed by atoms with Crippen molar-refractivity contribution in [3.8, 4) is 5.75 Å². The van der Waals surface area contributed by atoms with E-state index in [4.69, 9.17) is 4.74 Å². The molecule has 0 aliphatic carbocycles. The van der Waals surface area contributed by atoms with Crippen LogP contribution in [0.5, 0.6) is 5.75 Å². The van der Waals surface area contributed by atoms with Gasteiger partial charge in [0.25, 0.3) is 0 Å². The van der Waals surface area contributed by atoms with Gasteiger partial charge in [0.2, 0.25) is 11.8 Å². The van der Waals surface area contributed by atoms with Crippen molar-refractivity contribution in [1.29, 1.82) is 0 Å². The standard InChI is InChI=1S/C18H25N3O3/c1-15(22)19-8-10-20(11-9-19)16-13-21(14-16)18(23)7-12-24-17-5-3-2-4-6-17/h2-6,16H,7-14H2,1H3. The molecule has 2 aliphatic rings. The SMILES string of the molecule is CC(=O)N1CCN(C2CN(C(=O)CCOc3ccccc3)C2)CC1. The minimum absolute atomic E-state index is 0.151. The molecule has 0 atom stereocenters. The van der Waals surface area contributed by atoms with E-state index >= 15 is 0 Å². The molecule has 1 aromatic rings. The minimum atomic E-state index is 0.151. The van der Waals surface area contributed by atoms with E-state index in [9.17, 15) is 9.59 Å². The molecule has 0 unspecified atom stereocenters. The number of likely N-dealkylation sites (tertiary alicyclic amines) is 1. The normalized spacial score (nSPS) is 19.0. The molecule has 0 spiro atoms. The Balaban J connectivity index is 1.33. The van der Waals surface area contributed by atoms with E-state index in [2.05, 4.69) is 4.90 Å². The molecule has 2 fully saturated rings. The first-order valence-corrected chi connectivity index (χ1v) is 8.58. The summed E-state index contributed by atoms with van der Waals surface area (Å²) in [6.07, 6.45) is 0.416. The molecule has 0 bridgehead atoms. The van der Waals surface area contributed by atoms with Gasteiger partial charge in [-0.3, -0.25) is 14.5 Å². The first-order chi connectivity index (χ1) is 11.6. The zero-order valence-electron chi connectivity index (χ0n) is 14.2. The van der Waals surface area contributed by atoms with E-state index in [0.717, 1.165) is 45.0 Å². The molecule has 2 aliphatic heterocycles. The van der Waals surface area contributed by atoms with Crippen molar-refractivity contribution in [1.82, 2.24) is 14.7 Å². The molecule has 0 N–H and O–H groups in total. The summed E-state index contributed by atoms with van der Waals surface area (Å²) in [4.78, 5) is 29.7. The quantitative estimate of drug-likeness (QED) is 0.802. The number of amides is 2. The Hall–Kier alpha value is -2.08. The third kappa shape index (κ3) is 4.06. The number of carbonyl (C=O) groups excluding carboxylic acids is 2. The number of rotatable bonds is 5. The van der Waals surface area contributed by atoms with Gasteiger partial charge in [-0.2, -0.15) is 0 Å². The van der Waals surface area contributed by atoms with Gasteiger partial charge in [0.05, 0.1) is 13.0 Å². The van der Waals surface area contributed by atoms with Gasteiger partial charge in [-0.25, -0.2) is 0 Å². The van der Waals surface area contributed by atoms with Gasteiger partial charge in [-0.05, 0) is 12.1 Å². The summed E-state index contributed by atoms with van der Waals surface area (Å²) in [5.41, 5.74) is 0. The summed E-state index contributed by atoms with van der Waals surface area (Å²) in [6, 6.07) is 10.0. The number of hydrogen-bond donors (Lipinski definition) is 0. The Bertz CT molecular complexity index is 564. The molecule has 1 aromatic carbocycles. The maximum Gasteiger partial charge on any atom is 0.226 e. The van der Waals surface area contributed by atoms with Crippen LogP contribution < -0.4 is 4.74 Å². The van der Waals surface area contributed by atoms with E-state index in [1.165, 1.54) is 0 Å². The Labute approximate surface area is 143 Å². The molecular weight excluding hydrogens is 306 g/mol. The zero-order chi connectivity index (χ0) is 16.9. The topological polar surface area (TPSA) is 53.1 Å². The summed E-state index contributed by atoms with van der Waals surface area (Å²) < 4.78 is 5.58. The van der Waals surface area contributed by atoms with Crippen molar-refractivity contribution in [2.24, 2.45) is 0 Å². The zero-order valence-corrected chi connectivity index (χ0v) is 14.2. The third-order valence-electron chi connectivity index (χ3n) is 4.82. The first-order valence-electron chi connectivity index (χ1n) is 8.58. The highest BCUT2D eigenvalue weighted by atomic mass is 16.5. The monoisotopic (exact) mass is 331 g/mol. The first kappa shape index (κ1) is 16.8. The maximum absolute atomic E-state index is 12.2. The van der Waals surface area contributed by atoms with Crippen LogP contribution in [0.25, 0.3) is 0 Å². The summed E-state index contributed by atoms with van der Waals surface area (Å²) >= 11 is 0. The van der Waals surface area contributed by atoms with Crippen LogP contribution in [0, 0.1) is 0 Å². The van der Waals surface area contributed by atoms with Gasteiger partial charge < -0.3 is 14.5 Å². The fourth-order valence-corrected chi connectivity index (χ4v) is 3.22. The van der Waals surface area contributed by atoms with E-state index < -0.39 is 0 Å². The number of ether oxygens (including phenoxy) is 1. The molecule has 6 nitrogen and oxygen atoms in total. The highest BCUT2D eigenvalue weighted by molar-refractivity contribution is 5.77. The van der Waals surface area contributed by atoms with Crippen molar-refractivity contribution in [3.63, 3.8) is 0 Å². The summed E-state index contributed by atoms with van der Waals surface area (Å²) in [7, 11) is 0. The maximum atomic E-state index is 12.2. The van der Waals surface area contributed by atoms with Crippen LogP contribution in [0.3, 0.4) is 0 Å². The van der Waals surface area contributed by atoms with Crippen molar-refractivity contribution < 1.29 is 14.3 Å². The average molecular weight is 331 g/mol. The predicted molar refractivity (Wildman–Crippen MR) is 90.7 cm³/mol. The number of carbonyl (C=O) groups is 2. The Morgan fingerprint density at radius 1 is 1.04 bits per heavy atom. The second-order valence-corrected chi connectivity index (χ2v) is 6.41. The molecule has 0 radical (unpaired) electrons. The summed E-state index contributed by atoms with van der Waals surface area (Å²) in [5.74, 6) is 1.11. The van der Waals surface area contributed by atoms with Crippen LogP contribution in [0.2, 0.25) is 0 Å². The smallest absolute Gasteiger partial charge is 0.226 e. The number of benzene rings is 1. The number of hydrogen-bond acceptors (Lipinski definition) is 4. The fraction of sp³-hybridized carbons (Fsp3) is 0.556. The summed E-state index contributed by atoms with van der Waals surface area (Å²) in [6.45, 7) is 7.04. The van der Waals surface area contributed by atoms with Crippen molar-refractivity contribution in [2.45, 2.75) is 19.4 Å². The largest absolute Gasteiger partial charge is 0.493 e. The molecule has 0 saturated carbocycles. The lowest BCUT2D eigenvalue weighted by Crippen LogP contribution is -2.64. The Morgan fingerprint density at radius 3 is 2.33 bits per heavy atom. The van der Waals surface area contributed by atoms with Crippen LogP contribution in [0.15, 0.2) is 30.3 Å². The highest BCUT2D eigenvalue weighted by Gasteiger charge is 2.35. The van der Waals surface area contributed by atoms with Gasteiger partial charge in [-0.15, -0.1) is 0 Å². The second kappa shape index (κ2) is 7.66. The van der Waals surface area contributed by atoms with E-state index in [1.807, 2.05) is 40.1 Å². The van der Waals surface area contributed by atoms with Gasteiger partial charge in [-0.1, -0.05) is 18.2 Å². The molecule has 6 heteroatoms. The molecule has 2 saturated heterocycles. The number of piperazine rings is 1. The fourth-order valence-electron chi connectivity index (χ4n) is 3.22. The van der Waals surface area contributed by atoms with Crippen LogP contribution in [-0.4, -0.2) is 78.4 Å². The highest BCUT2D eigenvalue weighted by Crippen LogP contribution is 2.18. The number of para-hydroxylation sites is 1.